The Morgan fingerprint density at radius 3 is 2.82 bits per heavy atom. The molecule has 1 N–H and O–H groups in total. The Morgan fingerprint density at radius 2 is 2.12 bits per heavy atom. The van der Waals surface area contributed by atoms with E-state index in [4.69, 9.17) is 0 Å². The molecule has 98 valence electrons. The standard InChI is InChI=1S/C14H26N2S/c1-3-4-5-6-7-8-13(2)15-10-9-14-16-11-12-17-14/h11-13,15H,3-10H2,1-2H3. The van der Waals surface area contributed by atoms with Gasteiger partial charge in [0.1, 0.15) is 0 Å². The quantitative estimate of drug-likeness (QED) is 0.638. The zero-order valence-corrected chi connectivity index (χ0v) is 12.1. The number of unbranched alkanes of at least 4 members (excludes halogenated alkanes) is 4. The zero-order chi connectivity index (χ0) is 12.3. The molecule has 1 aromatic heterocycles. The van der Waals surface area contributed by atoms with E-state index < -0.39 is 0 Å². The van der Waals surface area contributed by atoms with E-state index in [9.17, 15) is 0 Å². The molecule has 1 unspecified atom stereocenters. The smallest absolute Gasteiger partial charge is 0.0937 e. The Hall–Kier alpha value is -0.410. The van der Waals surface area contributed by atoms with E-state index in [-0.39, 0.29) is 0 Å². The summed E-state index contributed by atoms with van der Waals surface area (Å²) < 4.78 is 0. The first-order valence-electron chi connectivity index (χ1n) is 6.94. The summed E-state index contributed by atoms with van der Waals surface area (Å²) in [6, 6.07) is 0.650. The molecule has 0 saturated carbocycles. The average Bonchev–Trinajstić information content (AvgIpc) is 2.82. The average molecular weight is 254 g/mol. The van der Waals surface area contributed by atoms with Gasteiger partial charge in [-0.3, -0.25) is 0 Å². The van der Waals surface area contributed by atoms with Crippen LogP contribution in [0.1, 0.15) is 57.4 Å². The van der Waals surface area contributed by atoms with Crippen molar-refractivity contribution in [2.45, 2.75) is 64.8 Å². The molecule has 1 rings (SSSR count). The summed E-state index contributed by atoms with van der Waals surface area (Å²) in [5.41, 5.74) is 0. The van der Waals surface area contributed by atoms with Crippen LogP contribution in [0.25, 0.3) is 0 Å². The van der Waals surface area contributed by atoms with Crippen molar-refractivity contribution in [3.8, 4) is 0 Å². The Kier molecular flexibility index (Phi) is 8.28. The van der Waals surface area contributed by atoms with Gasteiger partial charge in [0.15, 0.2) is 0 Å². The number of rotatable bonds is 10. The van der Waals surface area contributed by atoms with Crippen molar-refractivity contribution in [2.24, 2.45) is 0 Å². The van der Waals surface area contributed by atoms with Gasteiger partial charge in [0.25, 0.3) is 0 Å². The lowest BCUT2D eigenvalue weighted by molar-refractivity contribution is 0.483. The van der Waals surface area contributed by atoms with Crippen LogP contribution in [0.4, 0.5) is 0 Å². The molecular formula is C14H26N2S. The van der Waals surface area contributed by atoms with E-state index in [0.29, 0.717) is 6.04 Å². The van der Waals surface area contributed by atoms with Crippen molar-refractivity contribution in [3.05, 3.63) is 16.6 Å². The van der Waals surface area contributed by atoms with Crippen LogP contribution in [-0.4, -0.2) is 17.6 Å². The van der Waals surface area contributed by atoms with Gasteiger partial charge < -0.3 is 5.32 Å². The fourth-order valence-corrected chi connectivity index (χ4v) is 2.58. The van der Waals surface area contributed by atoms with Gasteiger partial charge in [-0.15, -0.1) is 11.3 Å². The summed E-state index contributed by atoms with van der Waals surface area (Å²) in [6.07, 6.45) is 11.2. The first kappa shape index (κ1) is 14.7. The lowest BCUT2D eigenvalue weighted by atomic mass is 10.1. The van der Waals surface area contributed by atoms with Gasteiger partial charge >= 0.3 is 0 Å². The number of nitrogens with one attached hydrogen (secondary N) is 1. The third kappa shape index (κ3) is 7.50. The maximum atomic E-state index is 4.29. The topological polar surface area (TPSA) is 24.9 Å². The molecule has 0 aliphatic heterocycles. The van der Waals surface area contributed by atoms with Crippen molar-refractivity contribution in [1.82, 2.24) is 10.3 Å². The minimum absolute atomic E-state index is 0.650. The maximum absolute atomic E-state index is 4.29. The van der Waals surface area contributed by atoms with Crippen LogP contribution in [0.5, 0.6) is 0 Å². The molecule has 0 radical (unpaired) electrons. The van der Waals surface area contributed by atoms with E-state index in [1.807, 2.05) is 11.6 Å². The second kappa shape index (κ2) is 9.60. The summed E-state index contributed by atoms with van der Waals surface area (Å²) in [5, 5.41) is 6.87. The molecule has 0 fully saturated rings. The van der Waals surface area contributed by atoms with E-state index in [0.717, 1.165) is 13.0 Å². The molecule has 0 spiro atoms. The van der Waals surface area contributed by atoms with E-state index >= 15 is 0 Å². The summed E-state index contributed by atoms with van der Waals surface area (Å²) >= 11 is 1.75. The van der Waals surface area contributed by atoms with Crippen LogP contribution in [0.2, 0.25) is 0 Å². The van der Waals surface area contributed by atoms with Gasteiger partial charge in [-0.2, -0.15) is 0 Å². The van der Waals surface area contributed by atoms with Crippen LogP contribution >= 0.6 is 11.3 Å². The third-order valence-electron chi connectivity index (χ3n) is 3.06. The predicted molar refractivity (Wildman–Crippen MR) is 76.7 cm³/mol. The Balaban J connectivity index is 1.92. The highest BCUT2D eigenvalue weighted by Crippen LogP contribution is 2.07. The van der Waals surface area contributed by atoms with E-state index in [1.54, 1.807) is 11.3 Å². The van der Waals surface area contributed by atoms with Crippen LogP contribution in [0.3, 0.4) is 0 Å². The minimum Gasteiger partial charge on any atom is -0.314 e. The van der Waals surface area contributed by atoms with Crippen LogP contribution < -0.4 is 5.32 Å². The van der Waals surface area contributed by atoms with Crippen LogP contribution in [0, 0.1) is 0 Å². The molecule has 0 saturated heterocycles. The largest absolute Gasteiger partial charge is 0.314 e. The zero-order valence-electron chi connectivity index (χ0n) is 11.2. The summed E-state index contributed by atoms with van der Waals surface area (Å²) in [4.78, 5) is 4.29. The van der Waals surface area contributed by atoms with Crippen molar-refractivity contribution >= 4 is 11.3 Å². The van der Waals surface area contributed by atoms with Crippen molar-refractivity contribution < 1.29 is 0 Å². The van der Waals surface area contributed by atoms with Crippen LogP contribution in [0.15, 0.2) is 11.6 Å². The van der Waals surface area contributed by atoms with E-state index in [2.05, 4.69) is 24.1 Å². The fourth-order valence-electron chi connectivity index (χ4n) is 1.96. The molecule has 1 atom stereocenters. The molecule has 0 aliphatic rings. The highest BCUT2D eigenvalue weighted by molar-refractivity contribution is 7.09. The van der Waals surface area contributed by atoms with Gasteiger partial charge in [0, 0.05) is 30.6 Å². The molecule has 0 bridgehead atoms. The molecule has 0 aliphatic carbocycles. The summed E-state index contributed by atoms with van der Waals surface area (Å²) in [6.45, 7) is 5.62. The summed E-state index contributed by atoms with van der Waals surface area (Å²) in [5.74, 6) is 0. The highest BCUT2D eigenvalue weighted by atomic mass is 32.1. The molecule has 1 heterocycles. The predicted octanol–water partition coefficient (Wildman–Crippen LogP) is 4.02. The SMILES string of the molecule is CCCCCCCC(C)NCCc1nccs1. The van der Waals surface area contributed by atoms with Gasteiger partial charge in [-0.1, -0.05) is 39.0 Å². The molecular weight excluding hydrogens is 228 g/mol. The first-order chi connectivity index (χ1) is 8.33. The minimum atomic E-state index is 0.650. The molecule has 3 heteroatoms. The van der Waals surface area contributed by atoms with Gasteiger partial charge in [0.2, 0.25) is 0 Å². The molecule has 1 aromatic rings. The van der Waals surface area contributed by atoms with Crippen molar-refractivity contribution in [1.29, 1.82) is 0 Å². The Morgan fingerprint density at radius 1 is 1.29 bits per heavy atom. The molecule has 17 heavy (non-hydrogen) atoms. The maximum Gasteiger partial charge on any atom is 0.0937 e. The number of hydrogen-bond donors (Lipinski definition) is 1. The number of aromatic nitrogens is 1. The second-order valence-electron chi connectivity index (χ2n) is 4.73. The van der Waals surface area contributed by atoms with Crippen LogP contribution in [-0.2, 0) is 6.42 Å². The summed E-state index contributed by atoms with van der Waals surface area (Å²) in [7, 11) is 0. The number of hydrogen-bond acceptors (Lipinski definition) is 3. The highest BCUT2D eigenvalue weighted by Gasteiger charge is 2.01. The monoisotopic (exact) mass is 254 g/mol. The Labute approximate surface area is 110 Å². The number of thiazole rings is 1. The normalized spacial score (nSPS) is 12.8. The lowest BCUT2D eigenvalue weighted by Gasteiger charge is -2.12. The lowest BCUT2D eigenvalue weighted by Crippen LogP contribution is -2.27. The van der Waals surface area contributed by atoms with Gasteiger partial charge in [-0.25, -0.2) is 4.98 Å². The first-order valence-corrected chi connectivity index (χ1v) is 7.82. The molecule has 0 amide bonds. The fraction of sp³-hybridized carbons (Fsp3) is 0.786. The van der Waals surface area contributed by atoms with E-state index in [1.165, 1.54) is 43.5 Å². The van der Waals surface area contributed by atoms with Gasteiger partial charge in [-0.05, 0) is 13.3 Å². The van der Waals surface area contributed by atoms with Gasteiger partial charge in [0.05, 0.1) is 5.01 Å². The molecule has 2 nitrogen and oxygen atoms in total. The molecule has 0 aromatic carbocycles. The number of nitrogens with zero attached hydrogens (tertiary/aromatic N) is 1. The third-order valence-corrected chi connectivity index (χ3v) is 3.90. The van der Waals surface area contributed by atoms with Crippen molar-refractivity contribution in [2.75, 3.05) is 6.54 Å². The van der Waals surface area contributed by atoms with Crippen molar-refractivity contribution in [3.63, 3.8) is 0 Å². The second-order valence-corrected chi connectivity index (χ2v) is 5.71. The Bertz CT molecular complexity index is 259.